The van der Waals surface area contributed by atoms with Crippen molar-refractivity contribution in [3.05, 3.63) is 53.4 Å². The normalized spacial score (nSPS) is 13.6. The third kappa shape index (κ3) is 3.67. The first-order chi connectivity index (χ1) is 9.50. The van der Waals surface area contributed by atoms with Crippen molar-refractivity contribution in [3.63, 3.8) is 0 Å². The van der Waals surface area contributed by atoms with Gasteiger partial charge in [-0.25, -0.2) is 8.42 Å². The molecule has 0 spiro atoms. The molecule has 0 fully saturated rings. The monoisotopic (exact) mass is 311 g/mol. The number of rotatable bonds is 6. The molecule has 2 aromatic rings. The van der Waals surface area contributed by atoms with Gasteiger partial charge in [0, 0.05) is 13.6 Å². The van der Waals surface area contributed by atoms with Crippen molar-refractivity contribution < 1.29 is 13.5 Å². The molecule has 20 heavy (non-hydrogen) atoms. The molecule has 0 aliphatic heterocycles. The van der Waals surface area contributed by atoms with Crippen molar-refractivity contribution in [2.24, 2.45) is 0 Å². The number of likely N-dealkylation sites (N-methyl/N-ethyl adjacent to an activating group) is 1. The number of sulfonamides is 1. The summed E-state index contributed by atoms with van der Waals surface area (Å²) in [5, 5.41) is 11.8. The van der Waals surface area contributed by atoms with Crippen LogP contribution in [0.2, 0.25) is 0 Å². The van der Waals surface area contributed by atoms with E-state index < -0.39 is 16.1 Å². The zero-order valence-corrected chi connectivity index (χ0v) is 12.8. The summed E-state index contributed by atoms with van der Waals surface area (Å²) in [6.07, 6.45) is -0.289. The SMILES string of the molecule is CN(C[C@@H](O)Cc1ccccc1)S(=O)(=O)c1cccs1. The van der Waals surface area contributed by atoms with E-state index in [0.29, 0.717) is 10.6 Å². The second kappa shape index (κ2) is 6.49. The molecule has 108 valence electrons. The molecule has 0 bridgehead atoms. The Labute approximate surface area is 123 Å². The van der Waals surface area contributed by atoms with Gasteiger partial charge >= 0.3 is 0 Å². The zero-order valence-electron chi connectivity index (χ0n) is 11.1. The Morgan fingerprint density at radius 1 is 1.20 bits per heavy atom. The van der Waals surface area contributed by atoms with Gasteiger partial charge in [-0.15, -0.1) is 11.3 Å². The van der Waals surface area contributed by atoms with Crippen LogP contribution >= 0.6 is 11.3 Å². The van der Waals surface area contributed by atoms with Gasteiger partial charge in [0.15, 0.2) is 0 Å². The van der Waals surface area contributed by atoms with E-state index in [2.05, 4.69) is 0 Å². The average molecular weight is 311 g/mol. The maximum atomic E-state index is 12.2. The number of thiophene rings is 1. The fourth-order valence-corrected chi connectivity index (χ4v) is 4.32. The molecule has 4 nitrogen and oxygen atoms in total. The molecule has 1 aromatic heterocycles. The minimum absolute atomic E-state index is 0.0785. The van der Waals surface area contributed by atoms with Crippen LogP contribution in [0.5, 0.6) is 0 Å². The van der Waals surface area contributed by atoms with Crippen molar-refractivity contribution in [2.45, 2.75) is 16.7 Å². The second-order valence-electron chi connectivity index (χ2n) is 4.56. The largest absolute Gasteiger partial charge is 0.391 e. The second-order valence-corrected chi connectivity index (χ2v) is 7.78. The molecule has 0 saturated heterocycles. The summed E-state index contributed by atoms with van der Waals surface area (Å²) in [4.78, 5) is 0. The van der Waals surface area contributed by atoms with Gasteiger partial charge in [0.2, 0.25) is 0 Å². The van der Waals surface area contributed by atoms with E-state index in [1.165, 1.54) is 22.7 Å². The van der Waals surface area contributed by atoms with Gasteiger partial charge in [0.1, 0.15) is 4.21 Å². The molecule has 1 aromatic carbocycles. The molecule has 2 rings (SSSR count). The highest BCUT2D eigenvalue weighted by atomic mass is 32.2. The highest BCUT2D eigenvalue weighted by Crippen LogP contribution is 2.20. The summed E-state index contributed by atoms with van der Waals surface area (Å²) in [6, 6.07) is 12.8. The third-order valence-electron chi connectivity index (χ3n) is 2.94. The summed E-state index contributed by atoms with van der Waals surface area (Å²) in [5.74, 6) is 0. The number of hydrogen-bond donors (Lipinski definition) is 1. The summed E-state index contributed by atoms with van der Waals surface area (Å²) in [6.45, 7) is 0.0785. The van der Waals surface area contributed by atoms with Gasteiger partial charge in [-0.1, -0.05) is 36.4 Å². The highest BCUT2D eigenvalue weighted by molar-refractivity contribution is 7.91. The molecule has 0 amide bonds. The van der Waals surface area contributed by atoms with Crippen LogP contribution in [0.1, 0.15) is 5.56 Å². The highest BCUT2D eigenvalue weighted by Gasteiger charge is 2.23. The van der Waals surface area contributed by atoms with Crippen molar-refractivity contribution in [3.8, 4) is 0 Å². The minimum Gasteiger partial charge on any atom is -0.391 e. The van der Waals surface area contributed by atoms with Crippen LogP contribution in [0.3, 0.4) is 0 Å². The predicted molar refractivity (Wildman–Crippen MR) is 80.3 cm³/mol. The Bertz CT molecular complexity index is 624. The summed E-state index contributed by atoms with van der Waals surface area (Å²) >= 11 is 1.18. The number of aliphatic hydroxyl groups excluding tert-OH is 1. The molecular weight excluding hydrogens is 294 g/mol. The van der Waals surface area contributed by atoms with E-state index in [1.54, 1.807) is 17.5 Å². The van der Waals surface area contributed by atoms with Crippen LogP contribution in [0, 0.1) is 0 Å². The van der Waals surface area contributed by atoms with E-state index in [1.807, 2.05) is 30.3 Å². The molecule has 1 heterocycles. The van der Waals surface area contributed by atoms with Gasteiger partial charge in [-0.2, -0.15) is 4.31 Å². The molecule has 0 aliphatic carbocycles. The first-order valence-corrected chi connectivity index (χ1v) is 8.54. The molecule has 1 atom stereocenters. The van der Waals surface area contributed by atoms with Gasteiger partial charge < -0.3 is 5.11 Å². The van der Waals surface area contributed by atoms with E-state index in [0.717, 1.165) is 5.56 Å². The van der Waals surface area contributed by atoms with E-state index in [9.17, 15) is 13.5 Å². The van der Waals surface area contributed by atoms with Gasteiger partial charge in [-0.3, -0.25) is 0 Å². The molecule has 6 heteroatoms. The molecule has 0 radical (unpaired) electrons. The molecular formula is C14H17NO3S2. The molecule has 1 N–H and O–H groups in total. The smallest absolute Gasteiger partial charge is 0.252 e. The number of nitrogens with zero attached hydrogens (tertiary/aromatic N) is 1. The van der Waals surface area contributed by atoms with Crippen LogP contribution in [-0.4, -0.2) is 37.5 Å². The van der Waals surface area contributed by atoms with Crippen molar-refractivity contribution in [1.29, 1.82) is 0 Å². The topological polar surface area (TPSA) is 57.6 Å². The van der Waals surface area contributed by atoms with Crippen LogP contribution < -0.4 is 0 Å². The van der Waals surface area contributed by atoms with Crippen molar-refractivity contribution >= 4 is 21.4 Å². The number of aliphatic hydroxyl groups is 1. The first-order valence-electron chi connectivity index (χ1n) is 6.22. The van der Waals surface area contributed by atoms with Crippen LogP contribution in [0.15, 0.2) is 52.1 Å². The van der Waals surface area contributed by atoms with E-state index in [4.69, 9.17) is 0 Å². The lowest BCUT2D eigenvalue weighted by molar-refractivity contribution is 0.153. The summed E-state index contributed by atoms with van der Waals surface area (Å²) in [7, 11) is -2.00. The van der Waals surface area contributed by atoms with E-state index >= 15 is 0 Å². The van der Waals surface area contributed by atoms with Crippen LogP contribution in [-0.2, 0) is 16.4 Å². The Morgan fingerprint density at radius 2 is 1.90 bits per heavy atom. The lowest BCUT2D eigenvalue weighted by Crippen LogP contribution is -2.34. The van der Waals surface area contributed by atoms with Gasteiger partial charge in [0.05, 0.1) is 6.10 Å². The standard InChI is InChI=1S/C14H17NO3S2/c1-15(20(17,18)14-8-5-9-19-14)11-13(16)10-12-6-3-2-4-7-12/h2-9,13,16H,10-11H2,1H3/t13-/m0/s1. The minimum atomic E-state index is -3.49. The Morgan fingerprint density at radius 3 is 2.50 bits per heavy atom. The molecule has 0 aliphatic rings. The van der Waals surface area contributed by atoms with Crippen molar-refractivity contribution in [1.82, 2.24) is 4.31 Å². The summed E-state index contributed by atoms with van der Waals surface area (Å²) in [5.41, 5.74) is 0.988. The zero-order chi connectivity index (χ0) is 14.6. The Balaban J connectivity index is 1.99. The van der Waals surface area contributed by atoms with Crippen LogP contribution in [0.25, 0.3) is 0 Å². The fraction of sp³-hybridized carbons (Fsp3) is 0.286. The summed E-state index contributed by atoms with van der Waals surface area (Å²) < 4.78 is 25.9. The van der Waals surface area contributed by atoms with Crippen molar-refractivity contribution in [2.75, 3.05) is 13.6 Å². The predicted octanol–water partition coefficient (Wildman–Crippen LogP) is 1.97. The lowest BCUT2D eigenvalue weighted by atomic mass is 10.1. The average Bonchev–Trinajstić information content (AvgIpc) is 2.94. The van der Waals surface area contributed by atoms with Crippen LogP contribution in [0.4, 0.5) is 0 Å². The molecule has 0 saturated carbocycles. The first kappa shape index (κ1) is 15.2. The quantitative estimate of drug-likeness (QED) is 0.887. The number of benzene rings is 1. The number of hydrogen-bond acceptors (Lipinski definition) is 4. The Hall–Kier alpha value is -1.21. The third-order valence-corrected chi connectivity index (χ3v) is 6.14. The Kier molecular flexibility index (Phi) is 4.93. The fourth-order valence-electron chi connectivity index (χ4n) is 1.91. The van der Waals surface area contributed by atoms with Gasteiger partial charge in [-0.05, 0) is 23.4 Å². The molecule has 0 unspecified atom stereocenters. The lowest BCUT2D eigenvalue weighted by Gasteiger charge is -2.19. The maximum Gasteiger partial charge on any atom is 0.252 e. The maximum absolute atomic E-state index is 12.2. The van der Waals surface area contributed by atoms with Gasteiger partial charge in [0.25, 0.3) is 10.0 Å². The van der Waals surface area contributed by atoms with E-state index in [-0.39, 0.29) is 6.54 Å².